The van der Waals surface area contributed by atoms with Crippen molar-refractivity contribution in [2.24, 2.45) is 5.73 Å². The molecule has 0 spiro atoms. The average molecular weight is 278 g/mol. The van der Waals surface area contributed by atoms with Crippen LogP contribution < -0.4 is 11.1 Å². The number of carbonyl (C=O) groups excluding carboxylic acids is 1. The van der Waals surface area contributed by atoms with Gasteiger partial charge in [-0.3, -0.25) is 4.79 Å². The summed E-state index contributed by atoms with van der Waals surface area (Å²) >= 11 is 5.97. The molecule has 0 unspecified atom stereocenters. The highest BCUT2D eigenvalue weighted by Crippen LogP contribution is 2.11. The summed E-state index contributed by atoms with van der Waals surface area (Å²) in [6, 6.07) is 7.33. The Morgan fingerprint density at radius 1 is 1.39 bits per heavy atom. The minimum Gasteiger partial charge on any atom is -0.393 e. The third-order valence-corrected chi connectivity index (χ3v) is 2.83. The van der Waals surface area contributed by atoms with E-state index in [1.165, 1.54) is 0 Å². The number of thiocarbonyl (C=S) groups is 1. The molecule has 0 fully saturated rings. The molecule has 3 N–H and O–H groups in total. The third kappa shape index (κ3) is 3.31. The number of carbonyl (C=O) groups is 1. The smallest absolute Gasteiger partial charge is 0.277 e. The highest BCUT2D eigenvalue weighted by molar-refractivity contribution is 7.80. The quantitative estimate of drug-likeness (QED) is 0.831. The van der Waals surface area contributed by atoms with Crippen LogP contribution in [0, 0.1) is 0 Å². The molecule has 0 atom stereocenters. The number of hydrogen-bond donors (Lipinski definition) is 2. The number of nitrogens with two attached hydrogens (primary N) is 1. The van der Waals surface area contributed by atoms with E-state index in [2.05, 4.69) is 14.9 Å². The van der Waals surface area contributed by atoms with Gasteiger partial charge < -0.3 is 11.1 Å². The van der Waals surface area contributed by atoms with Crippen molar-refractivity contribution < 1.29 is 4.79 Å². The van der Waals surface area contributed by atoms with Crippen LogP contribution in [0.4, 0.5) is 5.69 Å². The summed E-state index contributed by atoms with van der Waals surface area (Å²) in [5.74, 6) is -0.272. The lowest BCUT2D eigenvalue weighted by atomic mass is 10.1. The van der Waals surface area contributed by atoms with Gasteiger partial charge in [0, 0.05) is 17.5 Å². The molecule has 0 radical (unpaired) electrons. The van der Waals surface area contributed by atoms with Crippen LogP contribution in [0.2, 0.25) is 0 Å². The van der Waals surface area contributed by atoms with E-state index in [4.69, 9.17) is 18.0 Å². The second-order valence-corrected chi connectivity index (χ2v) is 4.72. The fourth-order valence-electron chi connectivity index (χ4n) is 1.37. The maximum absolute atomic E-state index is 11.7. The summed E-state index contributed by atoms with van der Waals surface area (Å²) in [4.78, 5) is 12.1. The van der Waals surface area contributed by atoms with Gasteiger partial charge in [0.05, 0.1) is 4.99 Å². The lowest BCUT2D eigenvalue weighted by molar-refractivity contribution is 0.102. The van der Waals surface area contributed by atoms with E-state index in [1.54, 1.807) is 17.5 Å². The van der Waals surface area contributed by atoms with Gasteiger partial charge >= 0.3 is 0 Å². The Kier molecular flexibility index (Phi) is 3.96. The van der Waals surface area contributed by atoms with Gasteiger partial charge in [0.1, 0.15) is 0 Å². The lowest BCUT2D eigenvalue weighted by Crippen LogP contribution is -2.13. The van der Waals surface area contributed by atoms with E-state index in [0.717, 1.165) is 17.1 Å². The zero-order valence-electron chi connectivity index (χ0n) is 9.29. The molecule has 5 nitrogen and oxygen atoms in total. The van der Waals surface area contributed by atoms with E-state index < -0.39 is 0 Å². The first-order chi connectivity index (χ1) is 8.65. The van der Waals surface area contributed by atoms with Gasteiger partial charge in [0.15, 0.2) is 5.69 Å². The molecule has 92 valence electrons. The topological polar surface area (TPSA) is 80.9 Å². The zero-order chi connectivity index (χ0) is 13.0. The predicted octanol–water partition coefficient (Wildman–Crippen LogP) is 1.62. The second kappa shape index (κ2) is 5.65. The van der Waals surface area contributed by atoms with E-state index >= 15 is 0 Å². The Balaban J connectivity index is 2.02. The number of aromatic nitrogens is 2. The number of amides is 1. The Bertz CT molecular complexity index is 551. The number of anilines is 1. The highest BCUT2D eigenvalue weighted by Gasteiger charge is 2.08. The lowest BCUT2D eigenvalue weighted by Gasteiger charge is -2.04. The Hall–Kier alpha value is -1.86. The minimum absolute atomic E-state index is 0.272. The van der Waals surface area contributed by atoms with Crippen molar-refractivity contribution in [2.45, 2.75) is 6.42 Å². The first kappa shape index (κ1) is 12.6. The van der Waals surface area contributed by atoms with Crippen molar-refractivity contribution in [1.82, 2.24) is 9.59 Å². The summed E-state index contributed by atoms with van der Waals surface area (Å²) in [6.45, 7) is 0. The zero-order valence-corrected chi connectivity index (χ0v) is 10.9. The van der Waals surface area contributed by atoms with Crippen LogP contribution in [0.3, 0.4) is 0 Å². The van der Waals surface area contributed by atoms with Crippen molar-refractivity contribution in [3.05, 3.63) is 40.9 Å². The van der Waals surface area contributed by atoms with Crippen molar-refractivity contribution in [2.75, 3.05) is 5.32 Å². The van der Waals surface area contributed by atoms with Crippen molar-refractivity contribution >= 4 is 40.3 Å². The van der Waals surface area contributed by atoms with Crippen molar-refractivity contribution in [1.29, 1.82) is 0 Å². The second-order valence-electron chi connectivity index (χ2n) is 3.58. The monoisotopic (exact) mass is 278 g/mol. The van der Waals surface area contributed by atoms with E-state index in [9.17, 15) is 4.79 Å². The molecule has 2 rings (SSSR count). The van der Waals surface area contributed by atoms with Gasteiger partial charge in [0.25, 0.3) is 5.91 Å². The van der Waals surface area contributed by atoms with Crippen LogP contribution in [0.25, 0.3) is 0 Å². The number of benzene rings is 1. The van der Waals surface area contributed by atoms with Crippen molar-refractivity contribution in [3.8, 4) is 0 Å². The number of nitrogens with one attached hydrogen (secondary N) is 1. The molecule has 7 heteroatoms. The molecule has 1 aromatic carbocycles. The fourth-order valence-corrected chi connectivity index (χ4v) is 1.97. The van der Waals surface area contributed by atoms with E-state index in [1.807, 2.05) is 12.1 Å². The molecule has 1 amide bonds. The van der Waals surface area contributed by atoms with Gasteiger partial charge in [-0.15, -0.1) is 5.10 Å². The molecule has 0 saturated heterocycles. The Labute approximate surface area is 113 Å². The molecule has 0 aliphatic heterocycles. The summed E-state index contributed by atoms with van der Waals surface area (Å²) < 4.78 is 3.63. The summed E-state index contributed by atoms with van der Waals surface area (Å²) in [6.07, 6.45) is 0.555. The Morgan fingerprint density at radius 3 is 2.67 bits per heavy atom. The number of hydrogen-bond acceptors (Lipinski definition) is 5. The summed E-state index contributed by atoms with van der Waals surface area (Å²) in [5.41, 5.74) is 7.47. The van der Waals surface area contributed by atoms with Crippen LogP contribution in [0.5, 0.6) is 0 Å². The Morgan fingerprint density at radius 2 is 2.11 bits per heavy atom. The van der Waals surface area contributed by atoms with Crippen LogP contribution in [0.15, 0.2) is 29.6 Å². The van der Waals surface area contributed by atoms with E-state index in [0.29, 0.717) is 22.8 Å². The van der Waals surface area contributed by atoms with Gasteiger partial charge in [0.2, 0.25) is 0 Å². The normalized spacial score (nSPS) is 10.0. The first-order valence-electron chi connectivity index (χ1n) is 5.11. The molecule has 1 aromatic heterocycles. The van der Waals surface area contributed by atoms with Crippen LogP contribution >= 0.6 is 23.8 Å². The maximum atomic E-state index is 11.7. The molecule has 18 heavy (non-hydrogen) atoms. The van der Waals surface area contributed by atoms with Crippen LogP contribution in [-0.2, 0) is 6.42 Å². The van der Waals surface area contributed by atoms with Crippen molar-refractivity contribution in [3.63, 3.8) is 0 Å². The largest absolute Gasteiger partial charge is 0.393 e. The van der Waals surface area contributed by atoms with Gasteiger partial charge in [-0.2, -0.15) is 0 Å². The number of nitrogens with zero attached hydrogens (tertiary/aromatic N) is 2. The molecule has 0 aliphatic rings. The average Bonchev–Trinajstić information content (AvgIpc) is 2.84. The summed E-state index contributed by atoms with van der Waals surface area (Å²) in [5, 5.41) is 8.01. The third-order valence-electron chi connectivity index (χ3n) is 2.18. The van der Waals surface area contributed by atoms with Gasteiger partial charge in [-0.1, -0.05) is 28.8 Å². The summed E-state index contributed by atoms with van der Waals surface area (Å²) in [7, 11) is 0. The standard InChI is InChI=1S/C11H10N4OS2/c12-10(17)5-7-1-3-8(4-2-7)13-11(16)9-6-18-15-14-9/h1-4,6H,5H2,(H2,12,17)(H,13,16). The SMILES string of the molecule is NC(=S)Cc1ccc(NC(=O)c2csnn2)cc1. The van der Waals surface area contributed by atoms with E-state index in [-0.39, 0.29) is 5.91 Å². The molecule has 0 aliphatic carbocycles. The fraction of sp³-hybridized carbons (Fsp3) is 0.0909. The van der Waals surface area contributed by atoms with Crippen LogP contribution in [0.1, 0.15) is 16.1 Å². The molecule has 1 heterocycles. The molecular formula is C11H10N4OS2. The molecule has 2 aromatic rings. The van der Waals surface area contributed by atoms with Crippen LogP contribution in [-0.4, -0.2) is 20.5 Å². The van der Waals surface area contributed by atoms with Gasteiger partial charge in [-0.05, 0) is 29.2 Å². The predicted molar refractivity (Wildman–Crippen MR) is 74.8 cm³/mol. The molecule has 0 saturated carbocycles. The van der Waals surface area contributed by atoms with Gasteiger partial charge in [-0.25, -0.2) is 0 Å². The number of rotatable bonds is 4. The first-order valence-corrected chi connectivity index (χ1v) is 6.35. The molecular weight excluding hydrogens is 268 g/mol. The minimum atomic E-state index is -0.272. The maximum Gasteiger partial charge on any atom is 0.277 e. The molecule has 0 bridgehead atoms. The highest BCUT2D eigenvalue weighted by atomic mass is 32.1.